The number of primary amides is 1. The Morgan fingerprint density at radius 1 is 1.03 bits per heavy atom. The highest BCUT2D eigenvalue weighted by Crippen LogP contribution is 2.23. The number of anilines is 3. The summed E-state index contributed by atoms with van der Waals surface area (Å²) in [4.78, 5) is 38.9. The van der Waals surface area contributed by atoms with Crippen molar-refractivity contribution in [1.29, 1.82) is 0 Å². The van der Waals surface area contributed by atoms with Crippen LogP contribution in [0.4, 0.5) is 22.0 Å². The largest absolute Gasteiger partial charge is 0.444 e. The van der Waals surface area contributed by atoms with Gasteiger partial charge in [-0.1, -0.05) is 17.0 Å². The number of rotatable bonds is 6. The van der Waals surface area contributed by atoms with Gasteiger partial charge in [0.1, 0.15) is 22.2 Å². The highest BCUT2D eigenvalue weighted by atomic mass is 16.7. The molecule has 2 amide bonds. The number of fused-ring (bicyclic) bond motifs is 1. The predicted octanol–water partition coefficient (Wildman–Crippen LogP) is 3.25. The minimum absolute atomic E-state index is 0.0618. The molecule has 0 bridgehead atoms. The van der Waals surface area contributed by atoms with Crippen LogP contribution >= 0.6 is 0 Å². The first kappa shape index (κ1) is 22.5. The Balaban J connectivity index is 1.52. The number of carbonyl (C=O) groups is 2. The Morgan fingerprint density at radius 3 is 2.44 bits per heavy atom. The number of nitrogens with two attached hydrogens (primary N) is 1. The number of ether oxygens (including phenoxy) is 1. The maximum atomic E-state index is 11.9. The summed E-state index contributed by atoms with van der Waals surface area (Å²) in [6, 6.07) is 13.8. The molecule has 174 valence electrons. The van der Waals surface area contributed by atoms with Crippen LogP contribution in [0, 0.1) is 0 Å². The lowest BCUT2D eigenvalue weighted by molar-refractivity contribution is 0.0635. The van der Waals surface area contributed by atoms with Crippen LogP contribution in [0.15, 0.2) is 54.7 Å². The van der Waals surface area contributed by atoms with Gasteiger partial charge in [0.2, 0.25) is 0 Å². The zero-order chi connectivity index (χ0) is 24.3. The molecule has 0 saturated carbocycles. The van der Waals surface area contributed by atoms with Gasteiger partial charge in [0.25, 0.3) is 5.91 Å². The zero-order valence-corrected chi connectivity index (χ0v) is 18.6. The van der Waals surface area contributed by atoms with E-state index < -0.39 is 17.6 Å². The molecule has 0 aliphatic carbocycles. The molecule has 0 aliphatic rings. The van der Waals surface area contributed by atoms with Gasteiger partial charge in [0, 0.05) is 17.6 Å². The first-order valence-corrected chi connectivity index (χ1v) is 10.2. The number of aromatic nitrogens is 5. The molecule has 2 heterocycles. The van der Waals surface area contributed by atoms with Crippen molar-refractivity contribution in [3.8, 4) is 6.01 Å². The van der Waals surface area contributed by atoms with Crippen LogP contribution < -0.4 is 21.2 Å². The Labute approximate surface area is 194 Å². The van der Waals surface area contributed by atoms with E-state index in [1.807, 2.05) is 12.1 Å². The molecule has 0 radical (unpaired) electrons. The number of benzene rings is 2. The van der Waals surface area contributed by atoms with Crippen molar-refractivity contribution < 1.29 is 19.2 Å². The number of nitrogens with zero attached hydrogens (tertiary/aromatic N) is 5. The normalized spacial score (nSPS) is 11.1. The average Bonchev–Trinajstić information content (AvgIpc) is 3.17. The minimum Gasteiger partial charge on any atom is -0.444 e. The number of carbonyl (C=O) groups excluding carboxylic acids is 2. The molecule has 4 rings (SSSR count). The van der Waals surface area contributed by atoms with Crippen molar-refractivity contribution in [2.45, 2.75) is 26.4 Å². The summed E-state index contributed by atoms with van der Waals surface area (Å²) < 4.78 is 5.23. The SMILES string of the molecule is CC(C)(C)OC(=O)Nc1ccc(Nc2nc(On3nnc4ccccc43)ncc2C(N)=O)cc1. The van der Waals surface area contributed by atoms with Gasteiger partial charge in [-0.25, -0.2) is 9.78 Å². The molecule has 0 saturated heterocycles. The fourth-order valence-corrected chi connectivity index (χ4v) is 2.87. The molecule has 0 spiro atoms. The number of hydrogen-bond acceptors (Lipinski definition) is 9. The molecule has 12 heteroatoms. The second-order valence-corrected chi connectivity index (χ2v) is 8.15. The second kappa shape index (κ2) is 9.02. The van der Waals surface area contributed by atoms with E-state index in [0.717, 1.165) is 0 Å². The molecule has 4 aromatic rings. The highest BCUT2D eigenvalue weighted by Gasteiger charge is 2.17. The smallest absolute Gasteiger partial charge is 0.412 e. The molecule has 0 fully saturated rings. The third-order valence-electron chi connectivity index (χ3n) is 4.31. The number of amides is 2. The minimum atomic E-state index is -0.719. The van der Waals surface area contributed by atoms with Crippen molar-refractivity contribution in [2.24, 2.45) is 5.73 Å². The number of nitrogens with one attached hydrogen (secondary N) is 2. The van der Waals surface area contributed by atoms with Crippen LogP contribution in [0.25, 0.3) is 11.0 Å². The quantitative estimate of drug-likeness (QED) is 0.391. The summed E-state index contributed by atoms with van der Waals surface area (Å²) >= 11 is 0. The highest BCUT2D eigenvalue weighted by molar-refractivity contribution is 5.98. The third-order valence-corrected chi connectivity index (χ3v) is 4.31. The van der Waals surface area contributed by atoms with E-state index in [2.05, 4.69) is 30.9 Å². The number of para-hydroxylation sites is 1. The van der Waals surface area contributed by atoms with Gasteiger partial charge in [-0.2, -0.15) is 4.98 Å². The van der Waals surface area contributed by atoms with E-state index >= 15 is 0 Å². The van der Waals surface area contributed by atoms with Crippen LogP contribution in [-0.4, -0.2) is 42.7 Å². The predicted molar refractivity (Wildman–Crippen MR) is 124 cm³/mol. The Kier molecular flexibility index (Phi) is 5.95. The maximum absolute atomic E-state index is 11.9. The van der Waals surface area contributed by atoms with Crippen LogP contribution in [-0.2, 0) is 4.74 Å². The van der Waals surface area contributed by atoms with E-state index in [9.17, 15) is 9.59 Å². The molecule has 4 N–H and O–H groups in total. The topological polar surface area (TPSA) is 159 Å². The lowest BCUT2D eigenvalue weighted by atomic mass is 10.2. The average molecular weight is 462 g/mol. The van der Waals surface area contributed by atoms with E-state index in [1.54, 1.807) is 57.2 Å². The van der Waals surface area contributed by atoms with Gasteiger partial charge in [0.05, 0.1) is 0 Å². The monoisotopic (exact) mass is 462 g/mol. The number of hydrogen-bond donors (Lipinski definition) is 3. The summed E-state index contributed by atoms with van der Waals surface area (Å²) in [5.74, 6) is -0.585. The van der Waals surface area contributed by atoms with Gasteiger partial charge in [0.15, 0.2) is 5.82 Å². The molecular formula is C22H22N8O4. The molecule has 2 aromatic carbocycles. The van der Waals surface area contributed by atoms with Gasteiger partial charge >= 0.3 is 12.1 Å². The van der Waals surface area contributed by atoms with Crippen LogP contribution in [0.2, 0.25) is 0 Å². The standard InChI is InChI=1S/C22H22N8O4/c1-22(2,3)33-21(32)26-14-10-8-13(9-11-14)25-19-15(18(23)31)12-24-20(27-19)34-30-17-7-5-4-6-16(17)28-29-30/h4-12H,1-3H3,(H2,23,31)(H,26,32)(H,24,25,27). The Bertz CT molecular complexity index is 1350. The Hall–Kier alpha value is -4.74. The second-order valence-electron chi connectivity index (χ2n) is 8.15. The summed E-state index contributed by atoms with van der Waals surface area (Å²) in [5.41, 5.74) is 7.28. The fraction of sp³-hybridized carbons (Fsp3) is 0.182. The van der Waals surface area contributed by atoms with Crippen molar-refractivity contribution in [3.63, 3.8) is 0 Å². The van der Waals surface area contributed by atoms with Crippen molar-refractivity contribution in [1.82, 2.24) is 25.1 Å². The summed E-state index contributed by atoms with van der Waals surface area (Å²) in [7, 11) is 0. The van der Waals surface area contributed by atoms with E-state index in [-0.39, 0.29) is 17.4 Å². The van der Waals surface area contributed by atoms with Crippen molar-refractivity contribution in [3.05, 3.63) is 60.3 Å². The maximum Gasteiger partial charge on any atom is 0.412 e. The first-order valence-electron chi connectivity index (χ1n) is 10.2. The van der Waals surface area contributed by atoms with Crippen molar-refractivity contribution >= 4 is 40.2 Å². The first-order chi connectivity index (χ1) is 16.2. The third kappa shape index (κ3) is 5.35. The van der Waals surface area contributed by atoms with Crippen molar-refractivity contribution in [2.75, 3.05) is 10.6 Å². The lowest BCUT2D eigenvalue weighted by Gasteiger charge is -2.19. The summed E-state index contributed by atoms with van der Waals surface area (Å²) in [5, 5.41) is 13.6. The van der Waals surface area contributed by atoms with E-state index in [1.165, 1.54) is 11.0 Å². The molecular weight excluding hydrogens is 440 g/mol. The molecule has 12 nitrogen and oxygen atoms in total. The molecule has 34 heavy (non-hydrogen) atoms. The van der Waals surface area contributed by atoms with Gasteiger partial charge in [-0.05, 0) is 62.4 Å². The zero-order valence-electron chi connectivity index (χ0n) is 18.6. The van der Waals surface area contributed by atoms with Gasteiger partial charge < -0.3 is 20.6 Å². The van der Waals surface area contributed by atoms with Gasteiger partial charge in [-0.3, -0.25) is 10.1 Å². The molecule has 2 aromatic heterocycles. The van der Waals surface area contributed by atoms with Gasteiger partial charge in [-0.15, -0.1) is 5.10 Å². The van der Waals surface area contributed by atoms with E-state index in [0.29, 0.717) is 22.4 Å². The summed E-state index contributed by atoms with van der Waals surface area (Å²) in [6.45, 7) is 5.34. The lowest BCUT2D eigenvalue weighted by Crippen LogP contribution is -2.27. The molecule has 0 unspecified atom stereocenters. The summed E-state index contributed by atoms with van der Waals surface area (Å²) in [6.07, 6.45) is 0.687. The van der Waals surface area contributed by atoms with Crippen LogP contribution in [0.5, 0.6) is 6.01 Å². The van der Waals surface area contributed by atoms with Crippen LogP contribution in [0.1, 0.15) is 31.1 Å². The Morgan fingerprint density at radius 2 is 1.74 bits per heavy atom. The fourth-order valence-electron chi connectivity index (χ4n) is 2.87. The molecule has 0 atom stereocenters. The molecule has 0 aliphatic heterocycles. The van der Waals surface area contributed by atoms with Crippen LogP contribution in [0.3, 0.4) is 0 Å². The van der Waals surface area contributed by atoms with E-state index in [4.69, 9.17) is 15.3 Å².